The van der Waals surface area contributed by atoms with Crippen molar-refractivity contribution in [3.8, 4) is 5.75 Å². The topological polar surface area (TPSA) is 87.1 Å². The van der Waals surface area contributed by atoms with Crippen molar-refractivity contribution in [2.75, 3.05) is 40.0 Å². The number of carbonyl (C=O) groups excluding carboxylic acids is 3. The maximum Gasteiger partial charge on any atom is 0.355 e. The molecule has 1 heterocycles. The summed E-state index contributed by atoms with van der Waals surface area (Å²) in [7, 11) is 3.27. The van der Waals surface area contributed by atoms with Gasteiger partial charge in [-0.2, -0.15) is 0 Å². The molecule has 0 radical (unpaired) electrons. The van der Waals surface area contributed by atoms with E-state index in [4.69, 9.17) is 14.2 Å². The molecule has 1 amide bonds. The minimum absolute atomic E-state index is 0.115. The number of aromatic nitrogens is 1. The van der Waals surface area contributed by atoms with Gasteiger partial charge in [0.05, 0.1) is 20.3 Å². The van der Waals surface area contributed by atoms with Crippen molar-refractivity contribution in [3.05, 3.63) is 52.3 Å². The van der Waals surface area contributed by atoms with Crippen LogP contribution in [-0.4, -0.2) is 67.1 Å². The summed E-state index contributed by atoms with van der Waals surface area (Å²) < 4.78 is 17.5. The van der Waals surface area contributed by atoms with Crippen LogP contribution in [0.5, 0.6) is 5.75 Å². The van der Waals surface area contributed by atoms with E-state index in [1.165, 1.54) is 12.0 Å². The second kappa shape index (κ2) is 12.2. The fraction of sp³-hybridized carbons (Fsp3) is 0.480. The zero-order chi connectivity index (χ0) is 24.5. The molecule has 0 bridgehead atoms. The van der Waals surface area contributed by atoms with Gasteiger partial charge in [-0.25, -0.2) is 4.79 Å². The van der Waals surface area contributed by atoms with Crippen molar-refractivity contribution in [2.24, 2.45) is 7.05 Å². The van der Waals surface area contributed by atoms with Gasteiger partial charge >= 0.3 is 5.97 Å². The molecular formula is C25H34N2O6. The number of Topliss-reactive ketones (excluding diaryl/α,β-unsaturated/α-hetero) is 1. The van der Waals surface area contributed by atoms with E-state index in [1.807, 2.05) is 6.92 Å². The molecule has 0 atom stereocenters. The van der Waals surface area contributed by atoms with E-state index in [9.17, 15) is 14.4 Å². The van der Waals surface area contributed by atoms with Crippen molar-refractivity contribution >= 4 is 17.7 Å². The molecule has 0 aliphatic rings. The average molecular weight is 459 g/mol. The molecule has 0 N–H and O–H groups in total. The lowest BCUT2D eigenvalue weighted by atomic mass is 10.0. The predicted octanol–water partition coefficient (Wildman–Crippen LogP) is 3.58. The third-order valence-corrected chi connectivity index (χ3v) is 5.54. The number of hydrogen-bond donors (Lipinski definition) is 0. The zero-order valence-electron chi connectivity index (χ0n) is 20.4. The number of carbonyl (C=O) groups is 3. The van der Waals surface area contributed by atoms with Crippen molar-refractivity contribution in [1.82, 2.24) is 9.47 Å². The molecule has 1 aromatic carbocycles. The van der Waals surface area contributed by atoms with Gasteiger partial charge in [-0.15, -0.1) is 0 Å². The van der Waals surface area contributed by atoms with Crippen LogP contribution in [-0.2, 0) is 16.5 Å². The largest absolute Gasteiger partial charge is 0.497 e. The molecule has 0 unspecified atom stereocenters. The Morgan fingerprint density at radius 1 is 1.09 bits per heavy atom. The highest BCUT2D eigenvalue weighted by molar-refractivity contribution is 6.06. The Balaban J connectivity index is 2.33. The van der Waals surface area contributed by atoms with E-state index in [0.29, 0.717) is 60.0 Å². The lowest BCUT2D eigenvalue weighted by Gasteiger charge is -2.22. The lowest BCUT2D eigenvalue weighted by Crippen LogP contribution is -2.37. The molecule has 180 valence electrons. The molecule has 0 saturated carbocycles. The molecule has 8 heteroatoms. The second-order valence-electron chi connectivity index (χ2n) is 7.65. The van der Waals surface area contributed by atoms with Crippen LogP contribution in [0.2, 0.25) is 0 Å². The summed E-state index contributed by atoms with van der Waals surface area (Å²) in [6.07, 6.45) is 0.595. The minimum atomic E-state index is -0.472. The van der Waals surface area contributed by atoms with Crippen molar-refractivity contribution in [3.63, 3.8) is 0 Å². The summed E-state index contributed by atoms with van der Waals surface area (Å²) >= 11 is 0. The average Bonchev–Trinajstić information content (AvgIpc) is 3.03. The van der Waals surface area contributed by atoms with Gasteiger partial charge in [0.1, 0.15) is 11.4 Å². The van der Waals surface area contributed by atoms with Crippen LogP contribution in [0.3, 0.4) is 0 Å². The van der Waals surface area contributed by atoms with Gasteiger partial charge in [0, 0.05) is 43.6 Å². The first-order valence-corrected chi connectivity index (χ1v) is 11.1. The quantitative estimate of drug-likeness (QED) is 0.275. The molecule has 1 aromatic heterocycles. The van der Waals surface area contributed by atoms with Crippen LogP contribution in [0.25, 0.3) is 0 Å². The summed E-state index contributed by atoms with van der Waals surface area (Å²) in [5.41, 5.74) is 2.44. The van der Waals surface area contributed by atoms with Crippen LogP contribution in [0.1, 0.15) is 62.7 Å². The molecule has 2 rings (SSSR count). The maximum atomic E-state index is 13.4. The number of rotatable bonds is 12. The number of esters is 1. The molecule has 33 heavy (non-hydrogen) atoms. The van der Waals surface area contributed by atoms with Crippen molar-refractivity contribution < 1.29 is 28.6 Å². The zero-order valence-corrected chi connectivity index (χ0v) is 20.4. The van der Waals surface area contributed by atoms with Crippen molar-refractivity contribution in [2.45, 2.75) is 34.1 Å². The van der Waals surface area contributed by atoms with Gasteiger partial charge in [0.2, 0.25) is 0 Å². The Hall–Kier alpha value is -3.13. The molecule has 0 aliphatic carbocycles. The highest BCUT2D eigenvalue weighted by Gasteiger charge is 2.28. The summed E-state index contributed by atoms with van der Waals surface area (Å²) in [6, 6.07) is 6.85. The second-order valence-corrected chi connectivity index (χ2v) is 7.65. The van der Waals surface area contributed by atoms with Crippen LogP contribution < -0.4 is 4.74 Å². The van der Waals surface area contributed by atoms with E-state index in [1.54, 1.807) is 56.7 Å². The summed E-state index contributed by atoms with van der Waals surface area (Å²) in [4.78, 5) is 40.6. The van der Waals surface area contributed by atoms with Crippen LogP contribution in [0.4, 0.5) is 0 Å². The minimum Gasteiger partial charge on any atom is -0.497 e. The molecular weight excluding hydrogens is 424 g/mol. The SMILES string of the molecule is CCOCCCN(CC(=O)c1c(C)c(C(=O)OCC)n(C)c1C)C(=O)c1cccc(OC)c1. The van der Waals surface area contributed by atoms with Crippen LogP contribution in [0, 0.1) is 13.8 Å². The molecule has 0 saturated heterocycles. The van der Waals surface area contributed by atoms with Gasteiger partial charge in [0.25, 0.3) is 5.91 Å². The van der Waals surface area contributed by atoms with Gasteiger partial charge in [0.15, 0.2) is 5.78 Å². The highest BCUT2D eigenvalue weighted by atomic mass is 16.5. The van der Waals surface area contributed by atoms with E-state index >= 15 is 0 Å². The fourth-order valence-electron chi connectivity index (χ4n) is 3.82. The Morgan fingerprint density at radius 3 is 2.45 bits per heavy atom. The van der Waals surface area contributed by atoms with E-state index in [-0.39, 0.29) is 24.8 Å². The monoisotopic (exact) mass is 458 g/mol. The molecule has 0 fully saturated rings. The Bertz CT molecular complexity index is 995. The summed E-state index contributed by atoms with van der Waals surface area (Å²) in [5, 5.41) is 0. The Morgan fingerprint density at radius 2 is 1.82 bits per heavy atom. The van der Waals surface area contributed by atoms with E-state index < -0.39 is 5.97 Å². The Kier molecular flexibility index (Phi) is 9.66. The number of nitrogens with zero attached hydrogens (tertiary/aromatic N) is 2. The number of amides is 1. The highest BCUT2D eigenvalue weighted by Crippen LogP contribution is 2.23. The fourth-order valence-corrected chi connectivity index (χ4v) is 3.82. The standard InChI is InChI=1S/C25H34N2O6/c1-7-32-14-10-13-27(24(29)19-11-9-12-20(15-19)31-6)16-21(28)22-17(3)23(25(30)33-8-2)26(5)18(22)4/h9,11-12,15H,7-8,10,13-14,16H2,1-6H3. The van der Waals surface area contributed by atoms with E-state index in [2.05, 4.69) is 0 Å². The first kappa shape index (κ1) is 26.1. The number of ketones is 1. The summed E-state index contributed by atoms with van der Waals surface area (Å²) in [6.45, 7) is 8.72. The van der Waals surface area contributed by atoms with Gasteiger partial charge < -0.3 is 23.7 Å². The number of ether oxygens (including phenoxy) is 3. The van der Waals surface area contributed by atoms with Gasteiger partial charge in [-0.3, -0.25) is 9.59 Å². The van der Waals surface area contributed by atoms with E-state index in [0.717, 1.165) is 0 Å². The normalized spacial score (nSPS) is 10.7. The van der Waals surface area contributed by atoms with Gasteiger partial charge in [-0.1, -0.05) is 6.07 Å². The van der Waals surface area contributed by atoms with Crippen molar-refractivity contribution in [1.29, 1.82) is 0 Å². The smallest absolute Gasteiger partial charge is 0.355 e. The molecule has 2 aromatic rings. The maximum absolute atomic E-state index is 13.4. The summed E-state index contributed by atoms with van der Waals surface area (Å²) in [5.74, 6) is -0.407. The first-order chi connectivity index (χ1) is 15.8. The third kappa shape index (κ3) is 6.22. The molecule has 0 spiro atoms. The molecule has 8 nitrogen and oxygen atoms in total. The molecule has 0 aliphatic heterocycles. The predicted molar refractivity (Wildman–Crippen MR) is 125 cm³/mol. The number of hydrogen-bond acceptors (Lipinski definition) is 6. The van der Waals surface area contributed by atoms with Crippen LogP contribution >= 0.6 is 0 Å². The van der Waals surface area contributed by atoms with Crippen LogP contribution in [0.15, 0.2) is 24.3 Å². The lowest BCUT2D eigenvalue weighted by molar-refractivity contribution is 0.0513. The number of benzene rings is 1. The first-order valence-electron chi connectivity index (χ1n) is 11.1. The number of methoxy groups -OCH3 is 1. The third-order valence-electron chi connectivity index (χ3n) is 5.54. The van der Waals surface area contributed by atoms with Gasteiger partial charge in [-0.05, 0) is 57.9 Å². The Labute approximate surface area is 195 Å².